The summed E-state index contributed by atoms with van der Waals surface area (Å²) in [6.07, 6.45) is 1.68. The first-order chi connectivity index (χ1) is 16.7. The fourth-order valence-electron chi connectivity index (χ4n) is 6.15. The maximum absolute atomic E-state index is 13.7. The SMILES string of the molecule is CC(=O)Oc1cccc(C23CCN(C)CC2C(O)C[C@H](N(CC(C)C)C(=O)c2ccccc2)C3)c1. The van der Waals surface area contributed by atoms with E-state index < -0.39 is 6.10 Å². The monoisotopic (exact) mass is 478 g/mol. The van der Waals surface area contributed by atoms with E-state index in [1.807, 2.05) is 47.4 Å². The van der Waals surface area contributed by atoms with E-state index in [4.69, 9.17) is 4.74 Å². The lowest BCUT2D eigenvalue weighted by Gasteiger charge is -2.56. The molecule has 0 spiro atoms. The van der Waals surface area contributed by atoms with Crippen molar-refractivity contribution < 1.29 is 19.4 Å². The van der Waals surface area contributed by atoms with Crippen LogP contribution in [0.4, 0.5) is 0 Å². The minimum atomic E-state index is -0.535. The van der Waals surface area contributed by atoms with Gasteiger partial charge >= 0.3 is 5.97 Å². The Bertz CT molecular complexity index is 1040. The molecule has 0 aromatic heterocycles. The van der Waals surface area contributed by atoms with Crippen molar-refractivity contribution in [1.29, 1.82) is 0 Å². The lowest BCUT2D eigenvalue weighted by atomic mass is 9.56. The molecule has 2 aromatic carbocycles. The van der Waals surface area contributed by atoms with Gasteiger partial charge in [-0.2, -0.15) is 0 Å². The number of likely N-dealkylation sites (tertiary alicyclic amines) is 1. The van der Waals surface area contributed by atoms with Gasteiger partial charge in [0.15, 0.2) is 0 Å². The lowest BCUT2D eigenvalue weighted by molar-refractivity contribution is -0.131. The van der Waals surface area contributed by atoms with Crippen molar-refractivity contribution in [3.63, 3.8) is 0 Å². The quantitative estimate of drug-likeness (QED) is 0.500. The second kappa shape index (κ2) is 10.5. The predicted octanol–water partition coefficient (Wildman–Crippen LogP) is 4.12. The lowest BCUT2D eigenvalue weighted by Crippen LogP contribution is -2.61. The second-order valence-electron chi connectivity index (χ2n) is 10.8. The number of amides is 1. The molecule has 4 atom stereocenters. The molecule has 1 amide bonds. The molecule has 1 saturated heterocycles. The first-order valence-corrected chi connectivity index (χ1v) is 12.7. The largest absolute Gasteiger partial charge is 0.427 e. The van der Waals surface area contributed by atoms with E-state index in [0.717, 1.165) is 31.5 Å². The predicted molar refractivity (Wildman–Crippen MR) is 136 cm³/mol. The fourth-order valence-corrected chi connectivity index (χ4v) is 6.15. The number of benzene rings is 2. The number of fused-ring (bicyclic) bond motifs is 1. The summed E-state index contributed by atoms with van der Waals surface area (Å²) in [5.41, 5.74) is 1.45. The number of nitrogens with zero attached hydrogens (tertiary/aromatic N) is 2. The van der Waals surface area contributed by atoms with E-state index in [2.05, 4.69) is 31.9 Å². The Morgan fingerprint density at radius 2 is 1.91 bits per heavy atom. The number of hydrogen-bond donors (Lipinski definition) is 1. The third kappa shape index (κ3) is 5.44. The Hall–Kier alpha value is -2.70. The summed E-state index contributed by atoms with van der Waals surface area (Å²) in [5.74, 6) is 0.540. The highest BCUT2D eigenvalue weighted by Crippen LogP contribution is 2.50. The van der Waals surface area contributed by atoms with Crippen LogP contribution in [-0.2, 0) is 10.2 Å². The zero-order valence-electron chi connectivity index (χ0n) is 21.3. The van der Waals surface area contributed by atoms with Gasteiger partial charge in [0.05, 0.1) is 6.10 Å². The number of rotatable bonds is 6. The van der Waals surface area contributed by atoms with Gasteiger partial charge in [0.25, 0.3) is 5.91 Å². The van der Waals surface area contributed by atoms with Gasteiger partial charge in [-0.25, -0.2) is 0 Å². The topological polar surface area (TPSA) is 70.1 Å². The minimum Gasteiger partial charge on any atom is -0.427 e. The molecule has 188 valence electrons. The van der Waals surface area contributed by atoms with Crippen molar-refractivity contribution in [2.75, 3.05) is 26.7 Å². The van der Waals surface area contributed by atoms with Crippen LogP contribution in [0, 0.1) is 11.8 Å². The number of ether oxygens (including phenoxy) is 1. The minimum absolute atomic E-state index is 0.0201. The normalized spacial score (nSPS) is 26.7. The first-order valence-electron chi connectivity index (χ1n) is 12.7. The molecular weight excluding hydrogens is 440 g/mol. The zero-order chi connectivity index (χ0) is 25.2. The van der Waals surface area contributed by atoms with Gasteiger partial charge in [0.2, 0.25) is 0 Å². The fraction of sp³-hybridized carbons (Fsp3) is 0.517. The molecule has 0 bridgehead atoms. The van der Waals surface area contributed by atoms with Crippen molar-refractivity contribution in [2.45, 2.75) is 57.6 Å². The Labute approximate surface area is 208 Å². The molecular formula is C29H38N2O4. The van der Waals surface area contributed by atoms with Crippen LogP contribution in [0.1, 0.15) is 56.0 Å². The van der Waals surface area contributed by atoms with Crippen LogP contribution >= 0.6 is 0 Å². The molecule has 1 saturated carbocycles. The summed E-state index contributed by atoms with van der Waals surface area (Å²) in [7, 11) is 2.10. The van der Waals surface area contributed by atoms with Crippen molar-refractivity contribution in [3.05, 3.63) is 65.7 Å². The maximum Gasteiger partial charge on any atom is 0.308 e. The van der Waals surface area contributed by atoms with Gasteiger partial charge < -0.3 is 19.6 Å². The molecule has 4 rings (SSSR count). The molecule has 2 aromatic rings. The van der Waals surface area contributed by atoms with Crippen molar-refractivity contribution in [3.8, 4) is 5.75 Å². The van der Waals surface area contributed by atoms with Gasteiger partial charge in [-0.15, -0.1) is 0 Å². The maximum atomic E-state index is 13.7. The highest BCUT2D eigenvalue weighted by Gasteiger charge is 2.53. The Morgan fingerprint density at radius 1 is 1.17 bits per heavy atom. The summed E-state index contributed by atoms with van der Waals surface area (Å²) in [5, 5.41) is 11.5. The average molecular weight is 479 g/mol. The zero-order valence-corrected chi connectivity index (χ0v) is 21.3. The van der Waals surface area contributed by atoms with E-state index in [0.29, 0.717) is 30.2 Å². The summed E-state index contributed by atoms with van der Waals surface area (Å²) in [6.45, 7) is 8.00. The summed E-state index contributed by atoms with van der Waals surface area (Å²) in [6, 6.07) is 17.1. The Kier molecular flexibility index (Phi) is 7.62. The van der Waals surface area contributed by atoms with Crippen LogP contribution in [0.5, 0.6) is 5.75 Å². The molecule has 2 aliphatic rings. The summed E-state index contributed by atoms with van der Waals surface area (Å²) >= 11 is 0. The van der Waals surface area contributed by atoms with Crippen LogP contribution in [0.2, 0.25) is 0 Å². The summed E-state index contributed by atoms with van der Waals surface area (Å²) < 4.78 is 5.42. The second-order valence-corrected chi connectivity index (χ2v) is 10.8. The van der Waals surface area contributed by atoms with Crippen LogP contribution in [0.15, 0.2) is 54.6 Å². The van der Waals surface area contributed by atoms with E-state index in [1.165, 1.54) is 6.92 Å². The highest BCUT2D eigenvalue weighted by atomic mass is 16.5. The molecule has 0 radical (unpaired) electrons. The number of aliphatic hydroxyl groups excluding tert-OH is 1. The molecule has 6 nitrogen and oxygen atoms in total. The van der Waals surface area contributed by atoms with E-state index in [1.54, 1.807) is 6.07 Å². The van der Waals surface area contributed by atoms with Gasteiger partial charge in [0, 0.05) is 43.0 Å². The third-order valence-electron chi connectivity index (χ3n) is 7.69. The van der Waals surface area contributed by atoms with Crippen LogP contribution < -0.4 is 4.74 Å². The van der Waals surface area contributed by atoms with Crippen LogP contribution in [0.25, 0.3) is 0 Å². The molecule has 35 heavy (non-hydrogen) atoms. The van der Waals surface area contributed by atoms with Gasteiger partial charge in [0.1, 0.15) is 5.75 Å². The number of carbonyl (C=O) groups is 2. The number of esters is 1. The summed E-state index contributed by atoms with van der Waals surface area (Å²) in [4.78, 5) is 29.6. The molecule has 6 heteroatoms. The number of piperidine rings is 1. The standard InChI is InChI=1S/C29H38N2O4/c1-20(2)18-31(28(34)22-9-6-5-7-10-22)24-16-27(33)26-19-30(4)14-13-29(26,17-24)23-11-8-12-25(15-23)35-21(3)32/h5-12,15,20,24,26-27,33H,13-14,16-19H2,1-4H3/t24-,26?,27?,29?/m0/s1. The van der Waals surface area contributed by atoms with E-state index in [9.17, 15) is 14.7 Å². The number of hydrogen-bond acceptors (Lipinski definition) is 5. The number of carbonyl (C=O) groups excluding carboxylic acids is 2. The van der Waals surface area contributed by atoms with Crippen molar-refractivity contribution in [2.24, 2.45) is 11.8 Å². The van der Waals surface area contributed by atoms with E-state index >= 15 is 0 Å². The molecule has 2 fully saturated rings. The van der Waals surface area contributed by atoms with Crippen LogP contribution in [-0.4, -0.2) is 65.6 Å². The molecule has 1 aliphatic carbocycles. The van der Waals surface area contributed by atoms with E-state index in [-0.39, 0.29) is 29.3 Å². The third-order valence-corrected chi connectivity index (χ3v) is 7.69. The first kappa shape index (κ1) is 25.4. The average Bonchev–Trinajstić information content (AvgIpc) is 2.83. The molecule has 1 heterocycles. The molecule has 3 unspecified atom stereocenters. The van der Waals surface area contributed by atoms with Gasteiger partial charge in [-0.3, -0.25) is 9.59 Å². The Balaban J connectivity index is 1.74. The number of aliphatic hydroxyl groups is 1. The molecule has 1 aliphatic heterocycles. The van der Waals surface area contributed by atoms with Crippen molar-refractivity contribution >= 4 is 11.9 Å². The van der Waals surface area contributed by atoms with Crippen LogP contribution in [0.3, 0.4) is 0 Å². The van der Waals surface area contributed by atoms with Crippen molar-refractivity contribution in [1.82, 2.24) is 9.80 Å². The van der Waals surface area contributed by atoms with Gasteiger partial charge in [-0.05, 0) is 68.6 Å². The Morgan fingerprint density at radius 3 is 2.60 bits per heavy atom. The smallest absolute Gasteiger partial charge is 0.308 e. The van der Waals surface area contributed by atoms with Gasteiger partial charge in [-0.1, -0.05) is 44.2 Å². The molecule has 1 N–H and O–H groups in total. The highest BCUT2D eigenvalue weighted by molar-refractivity contribution is 5.94.